The summed E-state index contributed by atoms with van der Waals surface area (Å²) in [4.78, 5) is 4.94. The van der Waals surface area contributed by atoms with Crippen LogP contribution in [-0.4, -0.2) is 19.3 Å². The van der Waals surface area contributed by atoms with Gasteiger partial charge in [-0.25, -0.2) is 9.67 Å². The van der Waals surface area contributed by atoms with Crippen molar-refractivity contribution >= 4 is 21.8 Å². The van der Waals surface area contributed by atoms with Crippen molar-refractivity contribution in [3.05, 3.63) is 131 Å². The molecule has 284 valence electrons. The summed E-state index contributed by atoms with van der Waals surface area (Å²) in [5.41, 5.74) is 11.8. The van der Waals surface area contributed by atoms with Gasteiger partial charge in [-0.05, 0) is 114 Å². The Bertz CT molecular complexity index is 2460. The molecule has 0 spiro atoms. The lowest BCUT2D eigenvalue weighted by molar-refractivity contribution is 0.482. The van der Waals surface area contributed by atoms with Crippen LogP contribution in [0, 0.1) is 12.8 Å². The largest absolute Gasteiger partial charge is 0.457 e. The molecule has 0 saturated heterocycles. The molecule has 0 radical (unpaired) electrons. The molecule has 3 aromatic heterocycles. The summed E-state index contributed by atoms with van der Waals surface area (Å²) in [6, 6.07) is 35.1. The first kappa shape index (κ1) is 38.1. The minimum atomic E-state index is -0.00592. The van der Waals surface area contributed by atoms with Gasteiger partial charge >= 0.3 is 0 Å². The van der Waals surface area contributed by atoms with Gasteiger partial charge in [-0.3, -0.25) is 4.57 Å². The number of ether oxygens (including phenoxy) is 1. The molecule has 0 bridgehead atoms. The van der Waals surface area contributed by atoms with Crippen LogP contribution in [0.4, 0.5) is 0 Å². The van der Waals surface area contributed by atoms with E-state index in [0.717, 1.165) is 58.1 Å². The van der Waals surface area contributed by atoms with Crippen molar-refractivity contribution in [3.63, 3.8) is 0 Å². The van der Waals surface area contributed by atoms with E-state index in [1.165, 1.54) is 38.7 Å². The molecule has 0 amide bonds. The summed E-state index contributed by atoms with van der Waals surface area (Å²) in [6.07, 6.45) is 3.97. The van der Waals surface area contributed by atoms with Crippen molar-refractivity contribution in [2.75, 3.05) is 0 Å². The molecule has 7 rings (SSSR count). The second kappa shape index (κ2) is 15.2. The lowest BCUT2D eigenvalue weighted by Gasteiger charge is -2.20. The zero-order chi connectivity index (χ0) is 39.2. The topological polar surface area (TPSA) is 44.9 Å². The lowest BCUT2D eigenvalue weighted by atomic mass is 9.88. The molecule has 7 aromatic rings. The van der Waals surface area contributed by atoms with Gasteiger partial charge in [-0.2, -0.15) is 5.10 Å². The van der Waals surface area contributed by atoms with Gasteiger partial charge in [0.1, 0.15) is 17.3 Å². The highest BCUT2D eigenvalue weighted by Gasteiger charge is 2.27. The normalized spacial score (nSPS) is 13.8. The average Bonchev–Trinajstić information content (AvgIpc) is 3.73. The maximum atomic E-state index is 6.83. The summed E-state index contributed by atoms with van der Waals surface area (Å²) in [7, 11) is 0. The first-order valence-corrected chi connectivity index (χ1v) is 20.3. The molecule has 0 aliphatic heterocycles. The SMILES string of the molecule is CCC(C)c1nn(-c2cc(C)cc(Oc3ccc4c5cc(C(C)C(C)C)ccc5n(-c5cc(C(C)(C)C)ccn5)c4c3)c2)c(C(C)CC)c1-c1ccccc1. The van der Waals surface area contributed by atoms with Crippen LogP contribution in [0.15, 0.2) is 103 Å². The van der Waals surface area contributed by atoms with E-state index in [2.05, 4.69) is 182 Å². The van der Waals surface area contributed by atoms with Crippen molar-refractivity contribution in [3.8, 4) is 34.1 Å². The minimum absolute atomic E-state index is 0.00592. The molecular weight excluding hydrogens is 673 g/mol. The van der Waals surface area contributed by atoms with Gasteiger partial charge in [0.2, 0.25) is 0 Å². The van der Waals surface area contributed by atoms with Crippen molar-refractivity contribution in [1.82, 2.24) is 19.3 Å². The molecule has 0 fully saturated rings. The second-order valence-corrected chi connectivity index (χ2v) is 17.1. The first-order valence-electron chi connectivity index (χ1n) is 20.3. The van der Waals surface area contributed by atoms with Crippen LogP contribution >= 0.6 is 0 Å². The molecule has 5 heteroatoms. The van der Waals surface area contributed by atoms with Crippen molar-refractivity contribution < 1.29 is 4.74 Å². The Balaban J connectivity index is 1.37. The maximum Gasteiger partial charge on any atom is 0.137 e. The number of hydrogen-bond acceptors (Lipinski definition) is 3. The Morgan fingerprint density at radius 2 is 1.45 bits per heavy atom. The molecule has 3 atom stereocenters. The third kappa shape index (κ3) is 7.34. The van der Waals surface area contributed by atoms with Crippen LogP contribution in [0.25, 0.3) is 44.4 Å². The third-order valence-corrected chi connectivity index (χ3v) is 11.8. The van der Waals surface area contributed by atoms with E-state index in [9.17, 15) is 0 Å². The number of rotatable bonds is 11. The summed E-state index contributed by atoms with van der Waals surface area (Å²) >= 11 is 0. The fourth-order valence-corrected chi connectivity index (χ4v) is 7.78. The van der Waals surface area contributed by atoms with Gasteiger partial charge in [-0.15, -0.1) is 0 Å². The van der Waals surface area contributed by atoms with Gasteiger partial charge < -0.3 is 4.74 Å². The van der Waals surface area contributed by atoms with Gasteiger partial charge in [0, 0.05) is 40.6 Å². The third-order valence-electron chi connectivity index (χ3n) is 11.8. The fourth-order valence-electron chi connectivity index (χ4n) is 7.78. The van der Waals surface area contributed by atoms with Crippen LogP contribution < -0.4 is 4.74 Å². The molecule has 5 nitrogen and oxygen atoms in total. The van der Waals surface area contributed by atoms with Crippen molar-refractivity contribution in [2.45, 2.75) is 112 Å². The van der Waals surface area contributed by atoms with E-state index < -0.39 is 0 Å². The zero-order valence-corrected chi connectivity index (χ0v) is 34.7. The highest BCUT2D eigenvalue weighted by molar-refractivity contribution is 6.09. The van der Waals surface area contributed by atoms with Gasteiger partial charge in [0.15, 0.2) is 0 Å². The Kier molecular flexibility index (Phi) is 10.5. The molecule has 3 heterocycles. The highest BCUT2D eigenvalue weighted by atomic mass is 16.5. The number of benzene rings is 4. The standard InChI is InChI=1S/C50H58N4O/c1-12-33(6)48-47(36-17-15-14-16-18-36)49(34(7)13-2)54(52-48)39-25-32(5)26-41(29-39)55-40-20-21-42-43-27-37(35(8)31(3)4)19-22-44(43)53(45(42)30-40)46-28-38(23-24-51-46)50(9,10)11/h14-31,33-35H,12-13H2,1-11H3. The second-order valence-electron chi connectivity index (χ2n) is 17.1. The van der Waals surface area contributed by atoms with Crippen LogP contribution in [0.2, 0.25) is 0 Å². The fraction of sp³-hybridized carbons (Fsp3) is 0.360. The Morgan fingerprint density at radius 3 is 2.15 bits per heavy atom. The molecule has 3 unspecified atom stereocenters. The van der Waals surface area contributed by atoms with Crippen molar-refractivity contribution in [2.24, 2.45) is 5.92 Å². The number of hydrogen-bond donors (Lipinski definition) is 0. The Morgan fingerprint density at radius 1 is 0.709 bits per heavy atom. The van der Waals surface area contributed by atoms with Crippen molar-refractivity contribution in [1.29, 1.82) is 0 Å². The summed E-state index contributed by atoms with van der Waals surface area (Å²) in [6.45, 7) is 24.9. The summed E-state index contributed by atoms with van der Waals surface area (Å²) in [5, 5.41) is 7.82. The Hall–Kier alpha value is -5.16. The van der Waals surface area contributed by atoms with Gasteiger partial charge in [-0.1, -0.05) is 106 Å². The monoisotopic (exact) mass is 730 g/mol. The Labute approximate surface area is 328 Å². The van der Waals surface area contributed by atoms with Crippen LogP contribution in [0.5, 0.6) is 11.5 Å². The van der Waals surface area contributed by atoms with E-state index >= 15 is 0 Å². The molecule has 0 saturated carbocycles. The van der Waals surface area contributed by atoms with Gasteiger partial charge in [0.05, 0.1) is 28.1 Å². The minimum Gasteiger partial charge on any atom is -0.457 e. The van der Waals surface area contributed by atoms with E-state index in [1.54, 1.807) is 0 Å². The molecule has 0 aliphatic carbocycles. The number of aromatic nitrogens is 4. The van der Waals surface area contributed by atoms with E-state index in [1.807, 2.05) is 6.20 Å². The zero-order valence-electron chi connectivity index (χ0n) is 34.7. The predicted octanol–water partition coefficient (Wildman–Crippen LogP) is 14.2. The molecule has 55 heavy (non-hydrogen) atoms. The van der Waals surface area contributed by atoms with E-state index in [4.69, 9.17) is 14.8 Å². The summed E-state index contributed by atoms with van der Waals surface area (Å²) < 4.78 is 11.3. The lowest BCUT2D eigenvalue weighted by Crippen LogP contribution is -2.12. The summed E-state index contributed by atoms with van der Waals surface area (Å²) in [5.74, 6) is 4.10. The average molecular weight is 731 g/mol. The first-order chi connectivity index (χ1) is 26.3. The number of fused-ring (bicyclic) bond motifs is 3. The molecule has 4 aromatic carbocycles. The van der Waals surface area contributed by atoms with E-state index in [-0.39, 0.29) is 5.41 Å². The number of pyridine rings is 1. The predicted molar refractivity (Wildman–Crippen MR) is 232 cm³/mol. The van der Waals surface area contributed by atoms with Crippen LogP contribution in [0.3, 0.4) is 0 Å². The molecule has 0 N–H and O–H groups in total. The quantitative estimate of drug-likeness (QED) is 0.133. The molecular formula is C50H58N4O. The van der Waals surface area contributed by atoms with Crippen LogP contribution in [0.1, 0.15) is 128 Å². The van der Waals surface area contributed by atoms with E-state index in [0.29, 0.717) is 23.7 Å². The maximum absolute atomic E-state index is 6.83. The molecule has 0 aliphatic rings. The van der Waals surface area contributed by atoms with Gasteiger partial charge in [0.25, 0.3) is 0 Å². The van der Waals surface area contributed by atoms with Crippen LogP contribution in [-0.2, 0) is 5.41 Å². The smallest absolute Gasteiger partial charge is 0.137 e. The number of aryl methyl sites for hydroxylation is 1. The highest BCUT2D eigenvalue weighted by Crippen LogP contribution is 2.41. The number of nitrogens with zero attached hydrogens (tertiary/aromatic N) is 4.